The average molecular weight is 1060 g/mol. The molecule has 24 heteroatoms. The predicted molar refractivity (Wildman–Crippen MR) is 277 cm³/mol. The molecule has 0 saturated heterocycles. The van der Waals surface area contributed by atoms with Gasteiger partial charge in [0.25, 0.3) is 0 Å². The van der Waals surface area contributed by atoms with E-state index in [0.29, 0.717) is 105 Å². The number of nitrogens with two attached hydrogens (primary N) is 1. The maximum Gasteiger partial charge on any atom is 0.248 e. The number of nitrogens with one attached hydrogen (secondary N) is 3. The van der Waals surface area contributed by atoms with Gasteiger partial charge in [-0.15, -0.1) is 28.0 Å². The van der Waals surface area contributed by atoms with E-state index in [-0.39, 0.29) is 48.4 Å². The number of ether oxygens (including phenoxy) is 5. The number of carbonyl (C=O) groups excluding carboxylic acids is 3. The van der Waals surface area contributed by atoms with Crippen molar-refractivity contribution in [3.8, 4) is 11.5 Å². The number of hydrogen-bond donors (Lipinski definition) is 4. The highest BCUT2D eigenvalue weighted by Crippen LogP contribution is 2.36. The molecule has 7 rings (SSSR count). The minimum absolute atomic E-state index is 0.00598. The Kier molecular flexibility index (Phi) is 20.1. The van der Waals surface area contributed by atoms with Crippen LogP contribution in [0.4, 0.5) is 17.5 Å². The second kappa shape index (κ2) is 27.2. The van der Waals surface area contributed by atoms with Crippen molar-refractivity contribution in [1.29, 1.82) is 0 Å². The first-order valence-corrected chi connectivity index (χ1v) is 25.1. The lowest BCUT2D eigenvalue weighted by Gasteiger charge is -2.30. The van der Waals surface area contributed by atoms with Crippen LogP contribution >= 0.6 is 34.5 Å². The number of anilines is 3. The molecule has 0 saturated carbocycles. The molecule has 0 spiro atoms. The molecule has 5 N–H and O–H groups in total. The van der Waals surface area contributed by atoms with Gasteiger partial charge < -0.3 is 49.9 Å². The first-order chi connectivity index (χ1) is 35.5. The Labute approximate surface area is 435 Å². The third-order valence-corrected chi connectivity index (χ3v) is 12.6. The van der Waals surface area contributed by atoms with Gasteiger partial charge in [0.1, 0.15) is 42.3 Å². The van der Waals surface area contributed by atoms with Crippen LogP contribution in [0.25, 0.3) is 11.2 Å². The number of nitrogen functional groups attached to an aromatic ring is 1. The molecule has 0 fully saturated rings. The Morgan fingerprint density at radius 2 is 1.67 bits per heavy atom. The molecule has 0 aliphatic rings. The molecule has 386 valence electrons. The van der Waals surface area contributed by atoms with Crippen LogP contribution in [0.3, 0.4) is 0 Å². The summed E-state index contributed by atoms with van der Waals surface area (Å²) in [6.07, 6.45) is 5.69. The zero-order chi connectivity index (χ0) is 51.5. The van der Waals surface area contributed by atoms with Crippen molar-refractivity contribution in [3.63, 3.8) is 0 Å². The van der Waals surface area contributed by atoms with E-state index in [0.717, 1.165) is 28.1 Å². The molecule has 5 aromatic heterocycles. The maximum absolute atomic E-state index is 13.7. The summed E-state index contributed by atoms with van der Waals surface area (Å²) < 4.78 is 31.7. The number of aromatic nitrogens is 8. The van der Waals surface area contributed by atoms with Crippen LogP contribution in [0.5, 0.6) is 11.5 Å². The lowest BCUT2D eigenvalue weighted by molar-refractivity contribution is -0.125. The number of aryl methyl sites for hydroxylation is 1. The predicted octanol–water partition coefficient (Wildman–Crippen LogP) is 5.31. The van der Waals surface area contributed by atoms with Gasteiger partial charge in [-0.2, -0.15) is 9.97 Å². The first kappa shape index (κ1) is 53.8. The molecule has 0 aliphatic carbocycles. The topological polar surface area (TPSA) is 250 Å². The molecule has 21 nitrogen and oxygen atoms in total. The van der Waals surface area contributed by atoms with Crippen molar-refractivity contribution in [2.24, 2.45) is 0 Å². The number of imidazole rings is 1. The Morgan fingerprint density at radius 1 is 0.904 bits per heavy atom. The van der Waals surface area contributed by atoms with E-state index >= 15 is 0 Å². The molecule has 0 aliphatic heterocycles. The van der Waals surface area contributed by atoms with Crippen LogP contribution in [0, 0.1) is 13.8 Å². The number of benzene rings is 2. The fraction of sp³-hybridized carbons (Fsp3) is 0.367. The van der Waals surface area contributed by atoms with E-state index in [1.54, 1.807) is 50.1 Å². The van der Waals surface area contributed by atoms with Crippen molar-refractivity contribution >= 4 is 80.9 Å². The van der Waals surface area contributed by atoms with Gasteiger partial charge in [-0.3, -0.25) is 24.3 Å². The van der Waals surface area contributed by atoms with E-state index in [2.05, 4.69) is 46.2 Å². The molecule has 3 amide bonds. The first-order valence-electron chi connectivity index (χ1n) is 23.3. The Hall–Kier alpha value is -6.95. The maximum atomic E-state index is 13.7. The van der Waals surface area contributed by atoms with E-state index in [9.17, 15) is 14.4 Å². The number of pyridine rings is 1. The zero-order valence-electron chi connectivity index (χ0n) is 40.6. The number of halogens is 2. The highest BCUT2D eigenvalue weighted by Gasteiger charge is 2.33. The molecular weight excluding hydrogens is 1000 g/mol. The second-order valence-electron chi connectivity index (χ2n) is 16.3. The number of amides is 3. The SMILES string of the molecule is COc1c(C)cnc(Cn2cnc3c(NCCOCCOCCOCCNC(=O)Cn4cc(COc5ccc(N(C(=O)CCl)C(C(=O)NCCc6ccccc6)c6cccs6)cc5Cl)nn4)nc(N)nc32)c1C. The number of thiophene rings is 1. The van der Waals surface area contributed by atoms with E-state index in [1.165, 1.54) is 20.9 Å². The molecule has 5 heterocycles. The van der Waals surface area contributed by atoms with Crippen LogP contribution in [0.1, 0.15) is 39.0 Å². The summed E-state index contributed by atoms with van der Waals surface area (Å²) >= 11 is 14.1. The number of nitrogens with zero attached hydrogens (tertiary/aromatic N) is 9. The quantitative estimate of drug-likeness (QED) is 0.0343. The lowest BCUT2D eigenvalue weighted by atomic mass is 10.1. The largest absolute Gasteiger partial charge is 0.496 e. The number of alkyl halides is 1. The number of fused-ring (bicyclic) bond motifs is 1. The number of rotatable bonds is 29. The molecule has 0 bridgehead atoms. The summed E-state index contributed by atoms with van der Waals surface area (Å²) in [4.78, 5) is 59.6. The van der Waals surface area contributed by atoms with Gasteiger partial charge in [0, 0.05) is 47.5 Å². The van der Waals surface area contributed by atoms with Gasteiger partial charge in [0.15, 0.2) is 17.0 Å². The highest BCUT2D eigenvalue weighted by atomic mass is 35.5. The van der Waals surface area contributed by atoms with Crippen molar-refractivity contribution in [2.45, 2.75) is 46.0 Å². The van der Waals surface area contributed by atoms with Gasteiger partial charge >= 0.3 is 0 Å². The molecule has 73 heavy (non-hydrogen) atoms. The van der Waals surface area contributed by atoms with Gasteiger partial charge in [-0.25, -0.2) is 9.67 Å². The molecular formula is C49H57Cl2N13O8S. The van der Waals surface area contributed by atoms with Crippen LogP contribution in [0.2, 0.25) is 5.02 Å². The van der Waals surface area contributed by atoms with Gasteiger partial charge in [0.2, 0.25) is 23.7 Å². The monoisotopic (exact) mass is 1060 g/mol. The average Bonchev–Trinajstić information content (AvgIpc) is 4.18. The smallest absolute Gasteiger partial charge is 0.248 e. The molecule has 1 unspecified atom stereocenters. The summed E-state index contributed by atoms with van der Waals surface area (Å²) in [5.41, 5.74) is 11.9. The van der Waals surface area contributed by atoms with Crippen molar-refractivity contribution in [2.75, 3.05) is 88.2 Å². The van der Waals surface area contributed by atoms with Crippen molar-refractivity contribution in [1.82, 2.24) is 50.1 Å². The van der Waals surface area contributed by atoms with E-state index < -0.39 is 11.9 Å². The van der Waals surface area contributed by atoms with Gasteiger partial charge in [-0.05, 0) is 55.5 Å². The highest BCUT2D eigenvalue weighted by molar-refractivity contribution is 7.10. The Bertz CT molecular complexity index is 2910. The standard InChI is InChI=1S/C49H57Cl2N13O8S/c1-32-26-56-38(33(2)45(32)68-3)28-62-31-57-43-46(58-49(52)59-47(43)62)54-16-18-70-20-22-71-21-19-69-17-15-53-41(65)29-63-27-35(60-61-63)30-72-39-12-11-36(24-37(39)51)64(42(66)25-50)44(40-10-7-23-73-40)48(67)55-14-13-34-8-5-4-6-9-34/h4-12,23-24,26-27,31,44H,13-22,25,28-30H2,1-3H3,(H,53,65)(H,55,67)(H3,52,54,58,59). The Balaban J connectivity index is 0.757. The fourth-order valence-corrected chi connectivity index (χ4v) is 8.80. The number of methoxy groups -OCH3 is 1. The van der Waals surface area contributed by atoms with Crippen LogP contribution in [0.15, 0.2) is 84.8 Å². The van der Waals surface area contributed by atoms with Crippen molar-refractivity contribution < 1.29 is 38.1 Å². The summed E-state index contributed by atoms with van der Waals surface area (Å²) in [7, 11) is 1.65. The minimum atomic E-state index is -0.987. The minimum Gasteiger partial charge on any atom is -0.496 e. The van der Waals surface area contributed by atoms with E-state index in [1.807, 2.05) is 60.2 Å². The number of hydrogen-bond acceptors (Lipinski definition) is 17. The normalized spacial score (nSPS) is 11.6. The van der Waals surface area contributed by atoms with Crippen LogP contribution in [-0.2, 0) is 54.7 Å². The molecule has 0 radical (unpaired) electrons. The molecule has 1 atom stereocenters. The summed E-state index contributed by atoms with van der Waals surface area (Å²) in [6, 6.07) is 17.2. The molecule has 7 aromatic rings. The van der Waals surface area contributed by atoms with Crippen LogP contribution < -0.4 is 36.1 Å². The van der Waals surface area contributed by atoms with Gasteiger partial charge in [-0.1, -0.05) is 53.2 Å². The summed E-state index contributed by atoms with van der Waals surface area (Å²) in [6.45, 7) is 7.55. The third-order valence-electron chi connectivity index (χ3n) is 11.1. The Morgan fingerprint density at radius 3 is 2.40 bits per heavy atom. The van der Waals surface area contributed by atoms with Crippen molar-refractivity contribution in [3.05, 3.63) is 123 Å². The number of carbonyl (C=O) groups is 3. The third kappa shape index (κ3) is 15.1. The summed E-state index contributed by atoms with van der Waals surface area (Å²) in [5, 5.41) is 19.2. The van der Waals surface area contributed by atoms with Gasteiger partial charge in [0.05, 0.1) is 76.5 Å². The van der Waals surface area contributed by atoms with E-state index in [4.69, 9.17) is 52.6 Å². The summed E-state index contributed by atoms with van der Waals surface area (Å²) in [5.74, 6) is 0.258. The fourth-order valence-electron chi connectivity index (χ4n) is 7.62. The molecule has 2 aromatic carbocycles. The second-order valence-corrected chi connectivity index (χ2v) is 17.9. The lowest BCUT2D eigenvalue weighted by Crippen LogP contribution is -2.44. The zero-order valence-corrected chi connectivity index (χ0v) is 42.9. The van der Waals surface area contributed by atoms with Crippen LogP contribution in [-0.4, -0.2) is 129 Å².